The fraction of sp³-hybridized carbons (Fsp3) is 0.0625. The van der Waals surface area contributed by atoms with Gasteiger partial charge in [-0.3, -0.25) is 9.78 Å². The van der Waals surface area contributed by atoms with Crippen LogP contribution in [0.4, 0.5) is 0 Å². The Bertz CT molecular complexity index is 816. The van der Waals surface area contributed by atoms with Gasteiger partial charge in [-0.2, -0.15) is 0 Å². The number of carbonyl (C=O) groups excluding carboxylic acids is 1. The largest absolute Gasteiger partial charge is 0.347 e. The van der Waals surface area contributed by atoms with Crippen LogP contribution >= 0.6 is 34.5 Å². The summed E-state index contributed by atoms with van der Waals surface area (Å²) in [6.07, 6.45) is 4.54. The monoisotopic (exact) mass is 363 g/mol. The number of amides is 1. The number of thiazole rings is 1. The molecule has 0 bridgehead atoms. The van der Waals surface area contributed by atoms with Crippen LogP contribution in [0.15, 0.2) is 48.9 Å². The van der Waals surface area contributed by atoms with Crippen LogP contribution in [0.25, 0.3) is 10.6 Å². The molecule has 23 heavy (non-hydrogen) atoms. The zero-order valence-electron chi connectivity index (χ0n) is 11.8. The van der Waals surface area contributed by atoms with Gasteiger partial charge in [0.15, 0.2) is 0 Å². The van der Waals surface area contributed by atoms with Gasteiger partial charge in [0.05, 0.1) is 22.2 Å². The predicted molar refractivity (Wildman–Crippen MR) is 93.0 cm³/mol. The Labute approximate surface area is 147 Å². The summed E-state index contributed by atoms with van der Waals surface area (Å²) in [5.74, 6) is -0.336. The van der Waals surface area contributed by atoms with E-state index in [1.54, 1.807) is 6.20 Å². The van der Waals surface area contributed by atoms with Crippen LogP contribution in [0.3, 0.4) is 0 Å². The van der Waals surface area contributed by atoms with E-state index in [0.717, 1.165) is 15.4 Å². The summed E-state index contributed by atoms with van der Waals surface area (Å²) in [5.41, 5.74) is 1.28. The zero-order valence-corrected chi connectivity index (χ0v) is 14.1. The first kappa shape index (κ1) is 15.9. The van der Waals surface area contributed by atoms with Crippen LogP contribution in [0.1, 0.15) is 15.2 Å². The Morgan fingerprint density at radius 1 is 1.09 bits per heavy atom. The summed E-state index contributed by atoms with van der Waals surface area (Å²) >= 11 is 13.5. The van der Waals surface area contributed by atoms with Crippen LogP contribution in [-0.2, 0) is 6.54 Å². The molecular formula is C16H11Cl2N3OS. The van der Waals surface area contributed by atoms with Crippen molar-refractivity contribution in [3.8, 4) is 10.6 Å². The van der Waals surface area contributed by atoms with Gasteiger partial charge in [0.1, 0.15) is 5.01 Å². The average molecular weight is 364 g/mol. The fourth-order valence-corrected chi connectivity index (χ4v) is 3.38. The average Bonchev–Trinajstić information content (AvgIpc) is 3.02. The van der Waals surface area contributed by atoms with E-state index in [9.17, 15) is 4.79 Å². The fourth-order valence-electron chi connectivity index (χ4n) is 1.99. The smallest absolute Gasteiger partial charge is 0.254 e. The maximum atomic E-state index is 12.2. The lowest BCUT2D eigenvalue weighted by atomic mass is 10.2. The van der Waals surface area contributed by atoms with E-state index in [2.05, 4.69) is 15.3 Å². The SMILES string of the molecule is O=C(NCc1cnc(-c2ccccc2)s1)c1c(Cl)cncc1Cl. The molecule has 2 heterocycles. The summed E-state index contributed by atoms with van der Waals surface area (Å²) in [7, 11) is 0. The highest BCUT2D eigenvalue weighted by molar-refractivity contribution is 7.15. The Hall–Kier alpha value is -1.95. The third kappa shape index (κ3) is 3.69. The molecule has 116 valence electrons. The van der Waals surface area contributed by atoms with Crippen molar-refractivity contribution in [2.24, 2.45) is 0 Å². The van der Waals surface area contributed by atoms with E-state index < -0.39 is 0 Å². The first-order valence-corrected chi connectivity index (χ1v) is 8.29. The summed E-state index contributed by atoms with van der Waals surface area (Å²) < 4.78 is 0. The second-order valence-electron chi connectivity index (χ2n) is 4.66. The highest BCUT2D eigenvalue weighted by atomic mass is 35.5. The molecule has 0 aliphatic carbocycles. The summed E-state index contributed by atoms with van der Waals surface area (Å²) in [6, 6.07) is 9.88. The minimum absolute atomic E-state index is 0.226. The standard InChI is InChI=1S/C16H11Cl2N3OS/c17-12-8-19-9-13(18)14(12)15(22)20-6-11-7-21-16(23-11)10-4-2-1-3-5-10/h1-5,7-9H,6H2,(H,20,22). The molecule has 1 aromatic carbocycles. The lowest BCUT2D eigenvalue weighted by Crippen LogP contribution is -2.23. The number of benzene rings is 1. The predicted octanol–water partition coefficient (Wildman–Crippen LogP) is 4.44. The Morgan fingerprint density at radius 3 is 2.48 bits per heavy atom. The van der Waals surface area contributed by atoms with E-state index in [-0.39, 0.29) is 21.5 Å². The number of nitrogens with zero attached hydrogens (tertiary/aromatic N) is 2. The number of pyridine rings is 1. The third-order valence-electron chi connectivity index (χ3n) is 3.08. The summed E-state index contributed by atoms with van der Waals surface area (Å²) in [4.78, 5) is 21.4. The van der Waals surface area contributed by atoms with Crippen molar-refractivity contribution in [2.45, 2.75) is 6.54 Å². The Morgan fingerprint density at radius 2 is 1.78 bits per heavy atom. The maximum absolute atomic E-state index is 12.2. The molecule has 3 aromatic rings. The first-order chi connectivity index (χ1) is 11.1. The molecule has 0 radical (unpaired) electrons. The number of halogens is 2. The molecule has 0 spiro atoms. The summed E-state index contributed by atoms with van der Waals surface area (Å²) in [5, 5.41) is 4.16. The highest BCUT2D eigenvalue weighted by Crippen LogP contribution is 2.25. The number of aromatic nitrogens is 2. The minimum atomic E-state index is -0.336. The molecule has 2 aromatic heterocycles. The molecule has 3 rings (SSSR count). The number of carbonyl (C=O) groups is 1. The van der Waals surface area contributed by atoms with Crippen LogP contribution in [0, 0.1) is 0 Å². The van der Waals surface area contributed by atoms with E-state index in [0.29, 0.717) is 6.54 Å². The van der Waals surface area contributed by atoms with Crippen molar-refractivity contribution in [2.75, 3.05) is 0 Å². The molecule has 1 amide bonds. The minimum Gasteiger partial charge on any atom is -0.347 e. The van der Waals surface area contributed by atoms with Crippen molar-refractivity contribution in [3.05, 3.63) is 69.4 Å². The molecular weight excluding hydrogens is 353 g/mol. The van der Waals surface area contributed by atoms with Gasteiger partial charge in [-0.05, 0) is 0 Å². The first-order valence-electron chi connectivity index (χ1n) is 6.72. The van der Waals surface area contributed by atoms with E-state index >= 15 is 0 Å². The lowest BCUT2D eigenvalue weighted by molar-refractivity contribution is 0.0951. The van der Waals surface area contributed by atoms with Gasteiger partial charge in [0, 0.05) is 29.0 Å². The van der Waals surface area contributed by atoms with Crippen LogP contribution in [0.2, 0.25) is 10.0 Å². The molecule has 7 heteroatoms. The van der Waals surface area contributed by atoms with Crippen molar-refractivity contribution in [1.29, 1.82) is 0 Å². The lowest BCUT2D eigenvalue weighted by Gasteiger charge is -2.06. The van der Waals surface area contributed by atoms with Crippen molar-refractivity contribution < 1.29 is 4.79 Å². The Balaban J connectivity index is 1.70. The molecule has 0 aliphatic rings. The van der Waals surface area contributed by atoms with Crippen LogP contribution < -0.4 is 5.32 Å². The number of hydrogen-bond acceptors (Lipinski definition) is 4. The molecule has 0 unspecified atom stereocenters. The Kier molecular flexibility index (Phi) is 4.91. The quantitative estimate of drug-likeness (QED) is 0.745. The van der Waals surface area contributed by atoms with Gasteiger partial charge in [-0.1, -0.05) is 53.5 Å². The number of rotatable bonds is 4. The van der Waals surface area contributed by atoms with Gasteiger partial charge in [0.25, 0.3) is 5.91 Å². The second-order valence-corrected chi connectivity index (χ2v) is 6.59. The van der Waals surface area contributed by atoms with Gasteiger partial charge >= 0.3 is 0 Å². The number of hydrogen-bond donors (Lipinski definition) is 1. The molecule has 0 fully saturated rings. The van der Waals surface area contributed by atoms with E-state index in [1.807, 2.05) is 30.3 Å². The van der Waals surface area contributed by atoms with E-state index in [1.165, 1.54) is 23.7 Å². The molecule has 1 N–H and O–H groups in total. The molecule has 0 aliphatic heterocycles. The highest BCUT2D eigenvalue weighted by Gasteiger charge is 2.15. The normalized spacial score (nSPS) is 10.5. The zero-order chi connectivity index (χ0) is 16.2. The third-order valence-corrected chi connectivity index (χ3v) is 4.70. The van der Waals surface area contributed by atoms with Gasteiger partial charge in [-0.15, -0.1) is 11.3 Å². The van der Waals surface area contributed by atoms with Gasteiger partial charge < -0.3 is 5.32 Å². The van der Waals surface area contributed by atoms with Crippen LogP contribution in [-0.4, -0.2) is 15.9 Å². The van der Waals surface area contributed by atoms with Crippen molar-refractivity contribution in [1.82, 2.24) is 15.3 Å². The molecule has 0 saturated carbocycles. The van der Waals surface area contributed by atoms with Crippen LogP contribution in [0.5, 0.6) is 0 Å². The molecule has 0 saturated heterocycles. The van der Waals surface area contributed by atoms with Crippen molar-refractivity contribution in [3.63, 3.8) is 0 Å². The second kappa shape index (κ2) is 7.08. The maximum Gasteiger partial charge on any atom is 0.254 e. The molecule has 4 nitrogen and oxygen atoms in total. The van der Waals surface area contributed by atoms with Gasteiger partial charge in [-0.25, -0.2) is 4.98 Å². The number of nitrogens with one attached hydrogen (secondary N) is 1. The van der Waals surface area contributed by atoms with Gasteiger partial charge in [0.2, 0.25) is 0 Å². The van der Waals surface area contributed by atoms with E-state index in [4.69, 9.17) is 23.2 Å². The molecule has 0 atom stereocenters. The topological polar surface area (TPSA) is 54.9 Å². The van der Waals surface area contributed by atoms with Crippen molar-refractivity contribution >= 4 is 40.4 Å². The summed E-state index contributed by atoms with van der Waals surface area (Å²) in [6.45, 7) is 0.359.